The molecule has 0 fully saturated rings. The second kappa shape index (κ2) is 8.63. The first-order chi connectivity index (χ1) is 12.6. The van der Waals surface area contributed by atoms with Gasteiger partial charge in [0, 0.05) is 18.8 Å². The van der Waals surface area contributed by atoms with Crippen LogP contribution in [0.15, 0.2) is 78.9 Å². The van der Waals surface area contributed by atoms with E-state index in [4.69, 9.17) is 12.2 Å². The van der Waals surface area contributed by atoms with E-state index < -0.39 is 0 Å². The van der Waals surface area contributed by atoms with E-state index in [0.717, 1.165) is 23.9 Å². The average molecular weight is 361 g/mol. The summed E-state index contributed by atoms with van der Waals surface area (Å²) in [4.78, 5) is 2.21. The number of benzene rings is 3. The van der Waals surface area contributed by atoms with Crippen molar-refractivity contribution in [3.05, 3.63) is 101 Å². The molecule has 3 heteroatoms. The van der Waals surface area contributed by atoms with E-state index in [-0.39, 0.29) is 0 Å². The SMILES string of the molecule is Cc1ccc(C)c(NC(=S)N(Cc2ccccc2)Cc2ccccc2)c1. The topological polar surface area (TPSA) is 15.3 Å². The van der Waals surface area contributed by atoms with Crippen molar-refractivity contribution < 1.29 is 0 Å². The highest BCUT2D eigenvalue weighted by molar-refractivity contribution is 7.80. The molecule has 132 valence electrons. The summed E-state index contributed by atoms with van der Waals surface area (Å²) >= 11 is 5.77. The van der Waals surface area contributed by atoms with Crippen molar-refractivity contribution in [2.24, 2.45) is 0 Å². The summed E-state index contributed by atoms with van der Waals surface area (Å²) in [6, 6.07) is 27.3. The number of hydrogen-bond donors (Lipinski definition) is 1. The fourth-order valence-corrected chi connectivity index (χ4v) is 3.11. The maximum atomic E-state index is 5.77. The van der Waals surface area contributed by atoms with E-state index in [1.807, 2.05) is 12.1 Å². The maximum absolute atomic E-state index is 5.77. The third kappa shape index (κ3) is 4.93. The van der Waals surface area contributed by atoms with E-state index >= 15 is 0 Å². The molecule has 0 aliphatic rings. The van der Waals surface area contributed by atoms with E-state index in [0.29, 0.717) is 0 Å². The molecular weight excluding hydrogens is 336 g/mol. The van der Waals surface area contributed by atoms with Crippen LogP contribution in [0.25, 0.3) is 0 Å². The summed E-state index contributed by atoms with van der Waals surface area (Å²) in [6.45, 7) is 5.74. The van der Waals surface area contributed by atoms with Crippen LogP contribution in [0.5, 0.6) is 0 Å². The van der Waals surface area contributed by atoms with Gasteiger partial charge in [-0.1, -0.05) is 72.8 Å². The van der Waals surface area contributed by atoms with Gasteiger partial charge in [0.15, 0.2) is 5.11 Å². The zero-order chi connectivity index (χ0) is 18.4. The minimum atomic E-state index is 0.742. The molecule has 0 amide bonds. The second-order valence-corrected chi connectivity index (χ2v) is 6.96. The van der Waals surface area contributed by atoms with E-state index in [2.05, 4.69) is 90.8 Å². The summed E-state index contributed by atoms with van der Waals surface area (Å²) in [5.41, 5.74) is 5.97. The Hall–Kier alpha value is -2.65. The molecule has 0 saturated heterocycles. The Kier molecular flexibility index (Phi) is 6.03. The fourth-order valence-electron chi connectivity index (χ4n) is 2.87. The van der Waals surface area contributed by atoms with Crippen molar-refractivity contribution in [3.63, 3.8) is 0 Å². The molecule has 0 spiro atoms. The van der Waals surface area contributed by atoms with Crippen molar-refractivity contribution in [1.29, 1.82) is 0 Å². The van der Waals surface area contributed by atoms with Gasteiger partial charge in [-0.15, -0.1) is 0 Å². The molecule has 3 aromatic carbocycles. The van der Waals surface area contributed by atoms with Crippen LogP contribution in [0, 0.1) is 13.8 Å². The van der Waals surface area contributed by atoms with Gasteiger partial charge in [0.1, 0.15) is 0 Å². The molecule has 0 heterocycles. The predicted molar refractivity (Wildman–Crippen MR) is 114 cm³/mol. The standard InChI is InChI=1S/C23H24N2S/c1-18-13-14-19(2)22(15-18)24-23(26)25(16-20-9-5-3-6-10-20)17-21-11-7-4-8-12-21/h3-15H,16-17H2,1-2H3,(H,24,26). The van der Waals surface area contributed by atoms with Crippen molar-refractivity contribution in [3.8, 4) is 0 Å². The second-order valence-electron chi connectivity index (χ2n) is 6.58. The number of nitrogens with one attached hydrogen (secondary N) is 1. The Labute approximate surface area is 161 Å². The van der Waals surface area contributed by atoms with Crippen LogP contribution < -0.4 is 5.32 Å². The molecule has 0 bridgehead atoms. The van der Waals surface area contributed by atoms with Gasteiger partial charge in [-0.05, 0) is 54.4 Å². The highest BCUT2D eigenvalue weighted by Gasteiger charge is 2.12. The first-order valence-electron chi connectivity index (χ1n) is 8.83. The summed E-state index contributed by atoms with van der Waals surface area (Å²) < 4.78 is 0. The molecule has 0 aliphatic carbocycles. The lowest BCUT2D eigenvalue weighted by molar-refractivity contribution is 0.413. The summed E-state index contributed by atoms with van der Waals surface area (Å²) in [6.07, 6.45) is 0. The Morgan fingerprint density at radius 2 is 1.35 bits per heavy atom. The largest absolute Gasteiger partial charge is 0.340 e. The average Bonchev–Trinajstić information content (AvgIpc) is 2.66. The van der Waals surface area contributed by atoms with Crippen LogP contribution in [0.2, 0.25) is 0 Å². The number of aryl methyl sites for hydroxylation is 2. The minimum Gasteiger partial charge on any atom is -0.340 e. The summed E-state index contributed by atoms with van der Waals surface area (Å²) in [7, 11) is 0. The number of hydrogen-bond acceptors (Lipinski definition) is 1. The molecule has 3 aromatic rings. The first-order valence-corrected chi connectivity index (χ1v) is 9.23. The van der Waals surface area contributed by atoms with Gasteiger partial charge < -0.3 is 10.2 Å². The third-order valence-corrected chi connectivity index (χ3v) is 4.71. The molecule has 0 aromatic heterocycles. The minimum absolute atomic E-state index is 0.742. The lowest BCUT2D eigenvalue weighted by Gasteiger charge is -2.27. The number of anilines is 1. The zero-order valence-electron chi connectivity index (χ0n) is 15.3. The molecular formula is C23H24N2S. The van der Waals surface area contributed by atoms with Crippen molar-refractivity contribution in [2.75, 3.05) is 5.32 Å². The van der Waals surface area contributed by atoms with Crippen LogP contribution in [0.1, 0.15) is 22.3 Å². The smallest absolute Gasteiger partial charge is 0.174 e. The summed E-state index contributed by atoms with van der Waals surface area (Å²) in [5, 5.41) is 4.19. The molecule has 0 atom stereocenters. The van der Waals surface area contributed by atoms with Gasteiger partial charge >= 0.3 is 0 Å². The lowest BCUT2D eigenvalue weighted by Crippen LogP contribution is -2.34. The first kappa shape index (κ1) is 18.2. The zero-order valence-corrected chi connectivity index (χ0v) is 16.1. The van der Waals surface area contributed by atoms with Crippen molar-refractivity contribution in [1.82, 2.24) is 4.90 Å². The van der Waals surface area contributed by atoms with Crippen LogP contribution in [0.3, 0.4) is 0 Å². The normalized spacial score (nSPS) is 10.4. The van der Waals surface area contributed by atoms with E-state index in [1.54, 1.807) is 0 Å². The molecule has 0 unspecified atom stereocenters. The Bertz CT molecular complexity index is 818. The van der Waals surface area contributed by atoms with Crippen molar-refractivity contribution >= 4 is 23.0 Å². The monoisotopic (exact) mass is 360 g/mol. The van der Waals surface area contributed by atoms with Gasteiger partial charge in [-0.25, -0.2) is 0 Å². The molecule has 26 heavy (non-hydrogen) atoms. The molecule has 1 N–H and O–H groups in total. The molecule has 3 rings (SSSR count). The maximum Gasteiger partial charge on any atom is 0.174 e. The van der Waals surface area contributed by atoms with Crippen LogP contribution in [-0.2, 0) is 13.1 Å². The highest BCUT2D eigenvalue weighted by atomic mass is 32.1. The van der Waals surface area contributed by atoms with Crippen LogP contribution in [0.4, 0.5) is 5.69 Å². The fraction of sp³-hybridized carbons (Fsp3) is 0.174. The van der Waals surface area contributed by atoms with Crippen molar-refractivity contribution in [2.45, 2.75) is 26.9 Å². The molecule has 2 nitrogen and oxygen atoms in total. The van der Waals surface area contributed by atoms with E-state index in [1.165, 1.54) is 22.3 Å². The Morgan fingerprint density at radius 3 is 1.88 bits per heavy atom. The van der Waals surface area contributed by atoms with Gasteiger partial charge in [0.2, 0.25) is 0 Å². The lowest BCUT2D eigenvalue weighted by atomic mass is 10.1. The number of rotatable bonds is 5. The van der Waals surface area contributed by atoms with Crippen LogP contribution >= 0.6 is 12.2 Å². The van der Waals surface area contributed by atoms with E-state index in [9.17, 15) is 0 Å². The third-order valence-electron chi connectivity index (χ3n) is 4.35. The number of nitrogens with zero attached hydrogens (tertiary/aromatic N) is 1. The summed E-state index contributed by atoms with van der Waals surface area (Å²) in [5.74, 6) is 0. The van der Waals surface area contributed by atoms with Gasteiger partial charge in [0.05, 0.1) is 0 Å². The highest BCUT2D eigenvalue weighted by Crippen LogP contribution is 2.18. The van der Waals surface area contributed by atoms with Gasteiger partial charge in [-0.3, -0.25) is 0 Å². The quantitative estimate of drug-likeness (QED) is 0.587. The van der Waals surface area contributed by atoms with Gasteiger partial charge in [0.25, 0.3) is 0 Å². The molecule has 0 radical (unpaired) electrons. The number of thiocarbonyl (C=S) groups is 1. The van der Waals surface area contributed by atoms with Gasteiger partial charge in [-0.2, -0.15) is 0 Å². The predicted octanol–water partition coefficient (Wildman–Crippen LogP) is 5.70. The Balaban J connectivity index is 1.81. The Morgan fingerprint density at radius 1 is 0.808 bits per heavy atom. The van der Waals surface area contributed by atoms with Crippen LogP contribution in [-0.4, -0.2) is 10.0 Å². The molecule has 0 saturated carbocycles. The molecule has 0 aliphatic heterocycles.